The number of piperidine rings is 1. The molecule has 1 heterocycles. The summed E-state index contributed by atoms with van der Waals surface area (Å²) in [6.45, 7) is 0.963. The van der Waals surface area contributed by atoms with Crippen molar-refractivity contribution in [3.05, 3.63) is 23.8 Å². The van der Waals surface area contributed by atoms with Gasteiger partial charge in [-0.1, -0.05) is 12.8 Å². The van der Waals surface area contributed by atoms with E-state index in [0.717, 1.165) is 36.1 Å². The van der Waals surface area contributed by atoms with Crippen molar-refractivity contribution < 1.29 is 24.6 Å². The number of phenols is 1. The molecule has 1 aromatic rings. The molecule has 1 aromatic carbocycles. The highest BCUT2D eigenvalue weighted by Crippen LogP contribution is 2.44. The van der Waals surface area contributed by atoms with Gasteiger partial charge in [-0.2, -0.15) is 0 Å². The van der Waals surface area contributed by atoms with E-state index in [4.69, 9.17) is 10.5 Å². The monoisotopic (exact) mass is 335 g/mol. The molecule has 0 aromatic heterocycles. The highest BCUT2D eigenvalue weighted by Gasteiger charge is 2.51. The van der Waals surface area contributed by atoms with E-state index in [9.17, 15) is 15.0 Å². The summed E-state index contributed by atoms with van der Waals surface area (Å²) in [6, 6.07) is 5.28. The number of aromatic hydroxyl groups is 1. The molecule has 1 aliphatic heterocycles. The van der Waals surface area contributed by atoms with Crippen LogP contribution >= 0.6 is 0 Å². The maximum atomic E-state index is 11.5. The van der Waals surface area contributed by atoms with Crippen LogP contribution in [0.2, 0.25) is 0 Å². The van der Waals surface area contributed by atoms with Crippen LogP contribution in [0.25, 0.3) is 0 Å². The van der Waals surface area contributed by atoms with Crippen LogP contribution in [-0.2, 0) is 4.79 Å². The van der Waals surface area contributed by atoms with Crippen molar-refractivity contribution in [1.29, 1.82) is 0 Å². The van der Waals surface area contributed by atoms with Gasteiger partial charge >= 0.3 is 0 Å². The molecule has 1 saturated carbocycles. The number of quaternary nitrogens is 1. The highest BCUT2D eigenvalue weighted by atomic mass is 16.5. The van der Waals surface area contributed by atoms with E-state index in [1.165, 1.54) is 7.11 Å². The molecule has 4 atom stereocenters. The average Bonchev–Trinajstić information content (AvgIpc) is 2.55. The molecule has 2 fully saturated rings. The van der Waals surface area contributed by atoms with Crippen LogP contribution < -0.4 is 15.4 Å². The molecule has 6 nitrogen and oxygen atoms in total. The number of nitrogens with one attached hydrogen (secondary N) is 1. The summed E-state index contributed by atoms with van der Waals surface area (Å²) in [4.78, 5) is 12.6. The van der Waals surface area contributed by atoms with Gasteiger partial charge < -0.3 is 25.6 Å². The molecule has 1 aliphatic carbocycles. The first-order chi connectivity index (χ1) is 11.4. The van der Waals surface area contributed by atoms with Crippen molar-refractivity contribution in [3.63, 3.8) is 0 Å². The van der Waals surface area contributed by atoms with Gasteiger partial charge in [-0.25, -0.2) is 0 Å². The van der Waals surface area contributed by atoms with E-state index in [0.29, 0.717) is 18.7 Å². The number of nitrogens with two attached hydrogens (primary N) is 1. The molecule has 0 radical (unpaired) electrons. The largest absolute Gasteiger partial charge is 0.504 e. The van der Waals surface area contributed by atoms with Gasteiger partial charge in [-0.05, 0) is 31.0 Å². The highest BCUT2D eigenvalue weighted by molar-refractivity contribution is 5.74. The zero-order valence-electron chi connectivity index (χ0n) is 14.1. The maximum Gasteiger partial charge on any atom is 0.272 e. The molecule has 3 rings (SSSR count). The predicted octanol–water partition coefficient (Wildman–Crippen LogP) is 0.137. The van der Waals surface area contributed by atoms with E-state index in [2.05, 4.69) is 0 Å². The molecular formula is C18H27N2O4+. The first-order valence-electron chi connectivity index (χ1n) is 8.67. The number of carbonyl (C=O) groups excluding carboxylic acids is 1. The third-order valence-electron chi connectivity index (χ3n) is 5.75. The second-order valence-electron chi connectivity index (χ2n) is 7.17. The number of fused-ring (bicyclic) bond motifs is 1. The number of phenolic OH excluding ortho intramolecular Hbond substituents is 1. The minimum atomic E-state index is -0.671. The third kappa shape index (κ3) is 3.08. The predicted molar refractivity (Wildman–Crippen MR) is 88.8 cm³/mol. The first kappa shape index (κ1) is 17.0. The molecule has 1 amide bonds. The van der Waals surface area contributed by atoms with E-state index < -0.39 is 5.60 Å². The standard InChI is InChI=1S/C18H26N2O4/c1-24-15-10-12(5-6-14(15)21)17-13-4-2-3-7-18(13,23)8-9-20(17)11-16(19)22/h5-6,10,13,17,21,23H,2-4,7-9,11H2,1H3,(H2,19,22)/p+1/t13-,17-,18-/m0/s1. The lowest BCUT2D eigenvalue weighted by atomic mass is 9.66. The smallest absolute Gasteiger partial charge is 0.272 e. The van der Waals surface area contributed by atoms with Crippen LogP contribution in [0.5, 0.6) is 11.5 Å². The Balaban J connectivity index is 2.00. The summed E-state index contributed by atoms with van der Waals surface area (Å²) in [5.41, 5.74) is 5.76. The molecule has 0 spiro atoms. The van der Waals surface area contributed by atoms with Gasteiger partial charge in [0.15, 0.2) is 18.0 Å². The minimum Gasteiger partial charge on any atom is -0.504 e. The van der Waals surface area contributed by atoms with Crippen LogP contribution in [0.4, 0.5) is 0 Å². The Labute approximate surface area is 142 Å². The zero-order valence-corrected chi connectivity index (χ0v) is 14.1. The molecular weight excluding hydrogens is 308 g/mol. The quantitative estimate of drug-likeness (QED) is 0.629. The topological polar surface area (TPSA) is 97.2 Å². The van der Waals surface area contributed by atoms with E-state index in [-0.39, 0.29) is 30.2 Å². The lowest BCUT2D eigenvalue weighted by molar-refractivity contribution is -0.937. The normalized spacial score (nSPS) is 32.8. The van der Waals surface area contributed by atoms with Crippen LogP contribution in [0.1, 0.15) is 43.7 Å². The minimum absolute atomic E-state index is 0.0222. The van der Waals surface area contributed by atoms with E-state index in [1.54, 1.807) is 6.07 Å². The number of primary amides is 1. The fraction of sp³-hybridized carbons (Fsp3) is 0.611. The number of rotatable bonds is 4. The van der Waals surface area contributed by atoms with Gasteiger partial charge in [0, 0.05) is 17.9 Å². The second kappa shape index (κ2) is 6.61. The Bertz CT molecular complexity index is 621. The van der Waals surface area contributed by atoms with Gasteiger partial charge in [0.05, 0.1) is 19.3 Å². The summed E-state index contributed by atoms with van der Waals surface area (Å²) >= 11 is 0. The number of likely N-dealkylation sites (tertiary alicyclic amines) is 1. The molecule has 132 valence electrons. The van der Waals surface area contributed by atoms with Crippen LogP contribution in [0.15, 0.2) is 18.2 Å². The fourth-order valence-electron chi connectivity index (χ4n) is 4.63. The van der Waals surface area contributed by atoms with Gasteiger partial charge in [0.2, 0.25) is 0 Å². The Kier molecular flexibility index (Phi) is 4.69. The Morgan fingerprint density at radius 2 is 2.21 bits per heavy atom. The summed E-state index contributed by atoms with van der Waals surface area (Å²) in [5, 5.41) is 21.0. The number of hydrogen-bond acceptors (Lipinski definition) is 4. The Morgan fingerprint density at radius 3 is 2.92 bits per heavy atom. The first-order valence-corrected chi connectivity index (χ1v) is 8.67. The van der Waals surface area contributed by atoms with Crippen LogP contribution in [0, 0.1) is 5.92 Å². The number of methoxy groups -OCH3 is 1. The molecule has 1 unspecified atom stereocenters. The molecule has 1 saturated heterocycles. The SMILES string of the molecule is COc1cc([C@H]2[C@@H]3CCCC[C@]3(O)CC[NH+]2CC(N)=O)ccc1O. The molecule has 0 bridgehead atoms. The lowest BCUT2D eigenvalue weighted by Gasteiger charge is -2.50. The summed E-state index contributed by atoms with van der Waals surface area (Å²) in [6.07, 6.45) is 4.58. The van der Waals surface area contributed by atoms with Crippen molar-refractivity contribution >= 4 is 5.91 Å². The molecule has 5 N–H and O–H groups in total. The number of aliphatic hydroxyl groups is 1. The van der Waals surface area contributed by atoms with Gasteiger partial charge in [0.25, 0.3) is 5.91 Å². The Hall–Kier alpha value is -1.79. The Morgan fingerprint density at radius 1 is 1.42 bits per heavy atom. The lowest BCUT2D eigenvalue weighted by Crippen LogP contribution is -3.16. The van der Waals surface area contributed by atoms with Crippen LogP contribution in [-0.4, -0.2) is 41.9 Å². The summed E-state index contributed by atoms with van der Waals surface area (Å²) < 4.78 is 5.24. The molecule has 6 heteroatoms. The maximum absolute atomic E-state index is 11.5. The van der Waals surface area contributed by atoms with Crippen molar-refractivity contribution in [2.24, 2.45) is 11.7 Å². The van der Waals surface area contributed by atoms with E-state index in [1.807, 2.05) is 12.1 Å². The average molecular weight is 335 g/mol. The molecule has 2 aliphatic rings. The van der Waals surface area contributed by atoms with Crippen molar-refractivity contribution in [2.75, 3.05) is 20.2 Å². The van der Waals surface area contributed by atoms with E-state index >= 15 is 0 Å². The zero-order chi connectivity index (χ0) is 17.3. The van der Waals surface area contributed by atoms with Gasteiger partial charge in [0.1, 0.15) is 6.04 Å². The number of amides is 1. The number of ether oxygens (including phenoxy) is 1. The van der Waals surface area contributed by atoms with Gasteiger partial charge in [-0.3, -0.25) is 4.79 Å². The van der Waals surface area contributed by atoms with Crippen molar-refractivity contribution in [1.82, 2.24) is 0 Å². The van der Waals surface area contributed by atoms with Crippen LogP contribution in [0.3, 0.4) is 0 Å². The number of carbonyl (C=O) groups is 1. The second-order valence-corrected chi connectivity index (χ2v) is 7.17. The fourth-order valence-corrected chi connectivity index (χ4v) is 4.63. The molecule has 24 heavy (non-hydrogen) atoms. The number of benzene rings is 1. The van der Waals surface area contributed by atoms with Crippen molar-refractivity contribution in [2.45, 2.75) is 43.7 Å². The van der Waals surface area contributed by atoms with Gasteiger partial charge in [-0.15, -0.1) is 0 Å². The summed E-state index contributed by atoms with van der Waals surface area (Å²) in [7, 11) is 1.52. The number of hydrogen-bond donors (Lipinski definition) is 4. The summed E-state index contributed by atoms with van der Waals surface area (Å²) in [5.74, 6) is 0.258. The van der Waals surface area contributed by atoms with Crippen molar-refractivity contribution in [3.8, 4) is 11.5 Å². The third-order valence-corrected chi connectivity index (χ3v) is 5.75.